The van der Waals surface area contributed by atoms with Crippen LogP contribution in [0.3, 0.4) is 0 Å². The molecule has 9 heteroatoms. The average Bonchev–Trinajstić information content (AvgIpc) is 2.75. The molecule has 0 bridgehead atoms. The van der Waals surface area contributed by atoms with E-state index >= 15 is 0 Å². The minimum atomic E-state index is -0.991. The molecule has 0 fully saturated rings. The van der Waals surface area contributed by atoms with E-state index in [1.54, 1.807) is 25.1 Å². The Bertz CT molecular complexity index is 1240. The topological polar surface area (TPSA) is 125 Å². The van der Waals surface area contributed by atoms with Crippen LogP contribution in [0.25, 0.3) is 11.0 Å². The molecule has 0 saturated heterocycles. The van der Waals surface area contributed by atoms with Crippen LogP contribution >= 0.6 is 0 Å². The van der Waals surface area contributed by atoms with Crippen LogP contribution in [0.15, 0.2) is 35.3 Å². The molecule has 3 N–H and O–H groups in total. The van der Waals surface area contributed by atoms with Crippen LogP contribution in [0, 0.1) is 12.7 Å². The fraction of sp³-hybridized carbons (Fsp3) is 0.273. The van der Waals surface area contributed by atoms with Crippen molar-refractivity contribution in [3.05, 3.63) is 68.9 Å². The Morgan fingerprint density at radius 3 is 2.65 bits per heavy atom. The summed E-state index contributed by atoms with van der Waals surface area (Å²) < 4.78 is 18.9. The molecule has 0 radical (unpaired) electrons. The Kier molecular flexibility index (Phi) is 6.33. The molecule has 162 valence electrons. The summed E-state index contributed by atoms with van der Waals surface area (Å²) in [6.45, 7) is 1.75. The van der Waals surface area contributed by atoms with E-state index in [9.17, 15) is 24.0 Å². The molecular weight excluding hydrogens is 405 g/mol. The van der Waals surface area contributed by atoms with E-state index in [2.05, 4.69) is 9.72 Å². The number of pyridine rings is 2. The number of carbonyl (C=O) groups excluding carboxylic acids is 2. The zero-order chi connectivity index (χ0) is 22.7. The van der Waals surface area contributed by atoms with Gasteiger partial charge in [-0.1, -0.05) is 12.1 Å². The molecule has 2 aromatic heterocycles. The van der Waals surface area contributed by atoms with E-state index in [1.165, 1.54) is 19.4 Å². The molecule has 0 spiro atoms. The van der Waals surface area contributed by atoms with E-state index in [0.29, 0.717) is 17.5 Å². The zero-order valence-electron chi connectivity index (χ0n) is 17.1. The summed E-state index contributed by atoms with van der Waals surface area (Å²) in [5.74, 6) is -1.45. The number of rotatable bonds is 7. The lowest BCUT2D eigenvalue weighted by Gasteiger charge is -2.12. The maximum absolute atomic E-state index is 14.1. The van der Waals surface area contributed by atoms with Gasteiger partial charge in [0.2, 0.25) is 0 Å². The van der Waals surface area contributed by atoms with Crippen molar-refractivity contribution in [1.82, 2.24) is 9.71 Å². The Hall–Kier alpha value is -3.75. The molecule has 3 rings (SSSR count). The second kappa shape index (κ2) is 8.95. The second-order valence-electron chi connectivity index (χ2n) is 7.21. The molecule has 3 aromatic rings. The number of nitrogens with zero attached hydrogens (tertiary/aromatic N) is 2. The first kappa shape index (κ1) is 21.9. The standard InChI is InChI=1S/C22H22FN3O5/c1-12-3-5-14(16(23)9-12)6-7-17(27)19-20(24)15-10-13(4-8-18(28)31-2)11-25-21(15)26(30)22(19)29/h3,5,9-11,30H,4,6-8,24H2,1-2H3. The molecule has 31 heavy (non-hydrogen) atoms. The fourth-order valence-corrected chi connectivity index (χ4v) is 3.30. The van der Waals surface area contributed by atoms with Gasteiger partial charge in [-0.2, -0.15) is 0 Å². The molecule has 1 aromatic carbocycles. The number of methoxy groups -OCH3 is 1. The maximum Gasteiger partial charge on any atom is 0.305 e. The summed E-state index contributed by atoms with van der Waals surface area (Å²) in [6.07, 6.45) is 1.72. The quantitative estimate of drug-likeness (QED) is 0.337. The van der Waals surface area contributed by atoms with Crippen LogP contribution in [0.1, 0.15) is 39.9 Å². The lowest BCUT2D eigenvalue weighted by atomic mass is 9.99. The highest BCUT2D eigenvalue weighted by atomic mass is 19.1. The Balaban J connectivity index is 1.94. The van der Waals surface area contributed by atoms with Crippen LogP contribution in [0.4, 0.5) is 10.1 Å². The van der Waals surface area contributed by atoms with Crippen LogP contribution in [0.2, 0.25) is 0 Å². The lowest BCUT2D eigenvalue weighted by molar-refractivity contribution is -0.140. The number of aromatic nitrogens is 2. The van der Waals surface area contributed by atoms with Crippen molar-refractivity contribution in [3.8, 4) is 0 Å². The number of Topliss-reactive ketones (excluding diaryl/α,β-unsaturated/α-hetero) is 1. The number of esters is 1. The van der Waals surface area contributed by atoms with Crippen molar-refractivity contribution in [3.63, 3.8) is 0 Å². The van der Waals surface area contributed by atoms with Crippen molar-refractivity contribution >= 4 is 28.5 Å². The number of benzene rings is 1. The number of nitrogens with two attached hydrogens (primary N) is 1. The number of ether oxygens (including phenoxy) is 1. The monoisotopic (exact) mass is 427 g/mol. The van der Waals surface area contributed by atoms with Crippen LogP contribution in [0.5, 0.6) is 0 Å². The summed E-state index contributed by atoms with van der Waals surface area (Å²) >= 11 is 0. The minimum Gasteiger partial charge on any atom is -0.469 e. The number of halogens is 1. The highest BCUT2D eigenvalue weighted by Gasteiger charge is 2.22. The molecule has 0 aliphatic heterocycles. The van der Waals surface area contributed by atoms with E-state index < -0.39 is 23.1 Å². The van der Waals surface area contributed by atoms with Crippen LogP contribution in [-0.2, 0) is 22.4 Å². The van der Waals surface area contributed by atoms with E-state index in [-0.39, 0.29) is 46.3 Å². The molecule has 0 aliphatic rings. The third kappa shape index (κ3) is 4.55. The summed E-state index contributed by atoms with van der Waals surface area (Å²) in [4.78, 5) is 40.7. The van der Waals surface area contributed by atoms with Gasteiger partial charge in [0.1, 0.15) is 11.4 Å². The van der Waals surface area contributed by atoms with E-state index in [0.717, 1.165) is 5.56 Å². The Labute approximate surface area is 177 Å². The van der Waals surface area contributed by atoms with Crippen molar-refractivity contribution in [2.75, 3.05) is 12.8 Å². The van der Waals surface area contributed by atoms with Gasteiger partial charge in [0.05, 0.1) is 12.8 Å². The summed E-state index contributed by atoms with van der Waals surface area (Å²) in [5.41, 5.74) is 6.22. The predicted molar refractivity (Wildman–Crippen MR) is 112 cm³/mol. The Morgan fingerprint density at radius 2 is 1.97 bits per heavy atom. The fourth-order valence-electron chi connectivity index (χ4n) is 3.30. The Morgan fingerprint density at radius 1 is 1.23 bits per heavy atom. The van der Waals surface area contributed by atoms with Crippen LogP contribution < -0.4 is 11.3 Å². The number of fused-ring (bicyclic) bond motifs is 1. The van der Waals surface area contributed by atoms with Crippen molar-refractivity contribution in [2.45, 2.75) is 32.6 Å². The van der Waals surface area contributed by atoms with Gasteiger partial charge in [0, 0.05) is 24.4 Å². The molecule has 0 saturated carbocycles. The van der Waals surface area contributed by atoms with Gasteiger partial charge in [-0.05, 0) is 48.6 Å². The maximum atomic E-state index is 14.1. The van der Waals surface area contributed by atoms with Gasteiger partial charge in [-0.25, -0.2) is 9.37 Å². The molecule has 0 unspecified atom stereocenters. The largest absolute Gasteiger partial charge is 0.469 e. The molecule has 8 nitrogen and oxygen atoms in total. The first-order valence-corrected chi connectivity index (χ1v) is 9.60. The predicted octanol–water partition coefficient (Wildman–Crippen LogP) is 2.58. The SMILES string of the molecule is COC(=O)CCc1cnc2c(c1)c(N)c(C(=O)CCc1ccc(C)cc1F)c(=O)n2O. The number of anilines is 1. The van der Waals surface area contributed by atoms with Crippen molar-refractivity contribution in [1.29, 1.82) is 0 Å². The summed E-state index contributed by atoms with van der Waals surface area (Å²) in [6, 6.07) is 6.24. The average molecular weight is 427 g/mol. The molecule has 0 atom stereocenters. The molecule has 2 heterocycles. The first-order chi connectivity index (χ1) is 14.7. The minimum absolute atomic E-state index is 0.0741. The number of hydrogen-bond acceptors (Lipinski definition) is 7. The van der Waals surface area contributed by atoms with E-state index in [1.807, 2.05) is 0 Å². The van der Waals surface area contributed by atoms with Gasteiger partial charge in [0.25, 0.3) is 5.56 Å². The van der Waals surface area contributed by atoms with E-state index in [4.69, 9.17) is 5.73 Å². The number of ketones is 1. The summed E-state index contributed by atoms with van der Waals surface area (Å²) in [5, 5.41) is 10.4. The number of aryl methyl sites for hydroxylation is 3. The number of nitrogen functional groups attached to an aromatic ring is 1. The molecular formula is C22H22FN3O5. The summed E-state index contributed by atoms with van der Waals surface area (Å²) in [7, 11) is 1.28. The van der Waals surface area contributed by atoms with Gasteiger partial charge in [0.15, 0.2) is 11.4 Å². The van der Waals surface area contributed by atoms with Gasteiger partial charge < -0.3 is 15.7 Å². The normalized spacial score (nSPS) is 10.9. The van der Waals surface area contributed by atoms with Gasteiger partial charge in [-0.3, -0.25) is 14.4 Å². The highest BCUT2D eigenvalue weighted by Crippen LogP contribution is 2.24. The van der Waals surface area contributed by atoms with Crippen LogP contribution in [-0.4, -0.2) is 33.8 Å². The van der Waals surface area contributed by atoms with Crippen molar-refractivity contribution < 1.29 is 23.9 Å². The number of hydrogen-bond donors (Lipinski definition) is 2. The zero-order valence-corrected chi connectivity index (χ0v) is 17.1. The molecule has 0 amide bonds. The first-order valence-electron chi connectivity index (χ1n) is 9.60. The second-order valence-corrected chi connectivity index (χ2v) is 7.21. The smallest absolute Gasteiger partial charge is 0.305 e. The van der Waals surface area contributed by atoms with Crippen molar-refractivity contribution in [2.24, 2.45) is 0 Å². The third-order valence-electron chi connectivity index (χ3n) is 5.04. The van der Waals surface area contributed by atoms with Gasteiger partial charge in [-0.15, -0.1) is 4.73 Å². The lowest BCUT2D eigenvalue weighted by Crippen LogP contribution is -2.28. The third-order valence-corrected chi connectivity index (χ3v) is 5.04. The number of carbonyl (C=O) groups is 2. The molecule has 0 aliphatic carbocycles. The van der Waals surface area contributed by atoms with Gasteiger partial charge >= 0.3 is 5.97 Å². The highest BCUT2D eigenvalue weighted by molar-refractivity contribution is 6.06.